The van der Waals surface area contributed by atoms with Gasteiger partial charge >= 0.3 is 6.36 Å². The van der Waals surface area contributed by atoms with Crippen LogP contribution in [-0.4, -0.2) is 32.9 Å². The van der Waals surface area contributed by atoms with Crippen LogP contribution in [-0.2, 0) is 13.1 Å². The summed E-state index contributed by atoms with van der Waals surface area (Å²) in [5, 5.41) is 4.86. The van der Waals surface area contributed by atoms with Crippen molar-refractivity contribution in [3.05, 3.63) is 57.0 Å². The fourth-order valence-electron chi connectivity index (χ4n) is 2.46. The Morgan fingerprint density at radius 2 is 2.00 bits per heavy atom. The van der Waals surface area contributed by atoms with Crippen LogP contribution < -0.4 is 10.3 Å². The van der Waals surface area contributed by atoms with Gasteiger partial charge in [0.2, 0.25) is 4.96 Å². The summed E-state index contributed by atoms with van der Waals surface area (Å²) in [5.74, 6) is -0.232. The molecule has 3 rings (SSSR count). The monoisotopic (exact) mass is 384 g/mol. The quantitative estimate of drug-likeness (QED) is 0.677. The second-order valence-electron chi connectivity index (χ2n) is 5.75. The van der Waals surface area contributed by atoms with Crippen LogP contribution in [0.5, 0.6) is 5.75 Å². The van der Waals surface area contributed by atoms with Gasteiger partial charge in [-0.3, -0.25) is 9.69 Å². The van der Waals surface area contributed by atoms with E-state index in [1.807, 2.05) is 0 Å². The number of halogens is 3. The molecule has 0 saturated heterocycles. The van der Waals surface area contributed by atoms with Gasteiger partial charge in [-0.15, -0.1) is 13.2 Å². The van der Waals surface area contributed by atoms with Crippen LogP contribution in [0, 0.1) is 6.92 Å². The molecule has 0 saturated carbocycles. The summed E-state index contributed by atoms with van der Waals surface area (Å²) < 4.78 is 42.8. The number of para-hydroxylation sites is 1. The van der Waals surface area contributed by atoms with Crippen molar-refractivity contribution in [2.75, 3.05) is 7.05 Å². The SMILES string of the molecule is Cc1cc(=O)n2nc(CN(C)Cc3ccccc3OC(F)(F)F)sc2n1. The Kier molecular flexibility index (Phi) is 4.97. The van der Waals surface area contributed by atoms with Crippen LogP contribution in [0.25, 0.3) is 4.96 Å². The molecule has 0 aliphatic carbocycles. The van der Waals surface area contributed by atoms with Crippen molar-refractivity contribution in [2.45, 2.75) is 26.4 Å². The highest BCUT2D eigenvalue weighted by atomic mass is 32.1. The van der Waals surface area contributed by atoms with Crippen molar-refractivity contribution in [1.29, 1.82) is 0 Å². The van der Waals surface area contributed by atoms with Gasteiger partial charge in [0.1, 0.15) is 10.8 Å². The number of alkyl halides is 3. The van der Waals surface area contributed by atoms with E-state index < -0.39 is 6.36 Å². The van der Waals surface area contributed by atoms with Gasteiger partial charge in [-0.2, -0.15) is 9.61 Å². The third-order valence-electron chi connectivity index (χ3n) is 3.46. The molecule has 0 amide bonds. The number of hydrogen-bond acceptors (Lipinski definition) is 6. The number of benzene rings is 1. The second-order valence-corrected chi connectivity index (χ2v) is 6.79. The van der Waals surface area contributed by atoms with Crippen molar-refractivity contribution in [3.63, 3.8) is 0 Å². The van der Waals surface area contributed by atoms with E-state index in [1.165, 1.54) is 34.1 Å². The molecule has 0 bridgehead atoms. The van der Waals surface area contributed by atoms with Crippen LogP contribution in [0.4, 0.5) is 13.2 Å². The lowest BCUT2D eigenvalue weighted by molar-refractivity contribution is -0.275. The molecule has 0 fully saturated rings. The van der Waals surface area contributed by atoms with Gasteiger partial charge in [0.15, 0.2) is 0 Å². The van der Waals surface area contributed by atoms with Crippen LogP contribution >= 0.6 is 11.3 Å². The van der Waals surface area contributed by atoms with Crippen LogP contribution in [0.2, 0.25) is 0 Å². The van der Waals surface area contributed by atoms with Crippen molar-refractivity contribution >= 4 is 16.3 Å². The molecule has 2 heterocycles. The highest BCUT2D eigenvalue weighted by Gasteiger charge is 2.32. The molecule has 0 aliphatic heterocycles. The maximum atomic E-state index is 12.5. The number of aromatic nitrogens is 3. The summed E-state index contributed by atoms with van der Waals surface area (Å²) >= 11 is 1.27. The van der Waals surface area contributed by atoms with Gasteiger partial charge < -0.3 is 4.74 Å². The number of fused-ring (bicyclic) bond motifs is 1. The first-order valence-corrected chi connectivity index (χ1v) is 8.41. The van der Waals surface area contributed by atoms with Crippen LogP contribution in [0.3, 0.4) is 0 Å². The minimum atomic E-state index is -4.74. The van der Waals surface area contributed by atoms with Gasteiger partial charge in [0.25, 0.3) is 5.56 Å². The Hall–Kier alpha value is -2.46. The number of hydrogen-bond donors (Lipinski definition) is 0. The fraction of sp³-hybridized carbons (Fsp3) is 0.312. The fourth-order valence-corrected chi connectivity index (χ4v) is 3.49. The molecular weight excluding hydrogens is 369 g/mol. The molecule has 6 nitrogen and oxygen atoms in total. The van der Waals surface area contributed by atoms with Gasteiger partial charge in [-0.1, -0.05) is 29.5 Å². The molecule has 0 radical (unpaired) electrons. The topological polar surface area (TPSA) is 59.7 Å². The zero-order valence-electron chi connectivity index (χ0n) is 13.9. The third-order valence-corrected chi connectivity index (χ3v) is 4.35. The molecule has 0 atom stereocenters. The van der Waals surface area contributed by atoms with Crippen LogP contribution in [0.15, 0.2) is 35.1 Å². The maximum Gasteiger partial charge on any atom is 0.573 e. The Labute approximate surface area is 150 Å². The Bertz CT molecular complexity index is 984. The lowest BCUT2D eigenvalue weighted by Crippen LogP contribution is -2.21. The minimum Gasteiger partial charge on any atom is -0.405 e. The highest BCUT2D eigenvalue weighted by Crippen LogP contribution is 2.27. The summed E-state index contributed by atoms with van der Waals surface area (Å²) in [6, 6.07) is 7.38. The third kappa shape index (κ3) is 4.38. The molecule has 138 valence electrons. The zero-order valence-corrected chi connectivity index (χ0v) is 14.8. The first-order valence-electron chi connectivity index (χ1n) is 7.60. The predicted molar refractivity (Wildman–Crippen MR) is 90.2 cm³/mol. The van der Waals surface area contributed by atoms with E-state index in [2.05, 4.69) is 14.8 Å². The lowest BCUT2D eigenvalue weighted by atomic mass is 10.2. The Morgan fingerprint density at radius 3 is 2.73 bits per heavy atom. The Balaban J connectivity index is 1.77. The summed E-state index contributed by atoms with van der Waals surface area (Å²) in [6.07, 6.45) is -4.74. The molecule has 0 aliphatic rings. The molecule has 2 aromatic heterocycles. The average molecular weight is 384 g/mol. The molecule has 3 aromatic rings. The normalized spacial score (nSPS) is 12.1. The Morgan fingerprint density at radius 1 is 1.27 bits per heavy atom. The lowest BCUT2D eigenvalue weighted by Gasteiger charge is -2.18. The van der Waals surface area contributed by atoms with Gasteiger partial charge in [-0.05, 0) is 20.0 Å². The van der Waals surface area contributed by atoms with E-state index in [9.17, 15) is 18.0 Å². The summed E-state index contributed by atoms with van der Waals surface area (Å²) in [4.78, 5) is 18.4. The smallest absolute Gasteiger partial charge is 0.405 e. The largest absolute Gasteiger partial charge is 0.573 e. The molecule has 1 aromatic carbocycles. The number of ether oxygens (including phenoxy) is 1. The van der Waals surface area contributed by atoms with Crippen molar-refractivity contribution < 1.29 is 17.9 Å². The van der Waals surface area contributed by atoms with Crippen molar-refractivity contribution in [2.24, 2.45) is 0 Å². The van der Waals surface area contributed by atoms with E-state index in [4.69, 9.17) is 0 Å². The summed E-state index contributed by atoms with van der Waals surface area (Å²) in [5.41, 5.74) is 0.748. The average Bonchev–Trinajstić information content (AvgIpc) is 2.90. The molecule has 0 spiro atoms. The standard InChI is InChI=1S/C16H15F3N4O2S/c1-10-7-14(24)23-15(20-10)26-13(21-23)9-22(2)8-11-5-3-4-6-12(11)25-16(17,18)19/h3-7H,8-9H2,1-2H3. The zero-order chi connectivity index (χ0) is 18.9. The van der Waals surface area contributed by atoms with Gasteiger partial charge in [0, 0.05) is 23.9 Å². The van der Waals surface area contributed by atoms with Gasteiger partial charge in [0.05, 0.1) is 6.54 Å². The maximum absolute atomic E-state index is 12.5. The number of nitrogens with zero attached hydrogens (tertiary/aromatic N) is 4. The van der Waals surface area contributed by atoms with Crippen molar-refractivity contribution in [3.8, 4) is 5.75 Å². The van der Waals surface area contributed by atoms with Crippen molar-refractivity contribution in [1.82, 2.24) is 19.5 Å². The number of aryl methyl sites for hydroxylation is 1. The summed E-state index contributed by atoms with van der Waals surface area (Å²) in [7, 11) is 1.75. The molecular formula is C16H15F3N4O2S. The molecule has 10 heteroatoms. The molecule has 0 unspecified atom stereocenters. The number of rotatable bonds is 5. The summed E-state index contributed by atoms with van der Waals surface area (Å²) in [6.45, 7) is 2.31. The van der Waals surface area contributed by atoms with E-state index >= 15 is 0 Å². The second kappa shape index (κ2) is 7.04. The van der Waals surface area contributed by atoms with E-state index in [1.54, 1.807) is 31.0 Å². The van der Waals surface area contributed by atoms with Crippen LogP contribution in [0.1, 0.15) is 16.3 Å². The minimum absolute atomic E-state index is 0.226. The molecule has 26 heavy (non-hydrogen) atoms. The first kappa shape index (κ1) is 18.3. The van der Waals surface area contributed by atoms with E-state index in [0.717, 1.165) is 0 Å². The van der Waals surface area contributed by atoms with E-state index in [0.29, 0.717) is 27.8 Å². The van der Waals surface area contributed by atoms with Gasteiger partial charge in [-0.25, -0.2) is 4.98 Å². The predicted octanol–water partition coefficient (Wildman–Crippen LogP) is 2.99. The molecule has 0 N–H and O–H groups in total. The first-order chi connectivity index (χ1) is 12.2. The highest BCUT2D eigenvalue weighted by molar-refractivity contribution is 7.16. The van der Waals surface area contributed by atoms with E-state index in [-0.39, 0.29) is 17.9 Å².